The third-order valence-electron chi connectivity index (χ3n) is 4.02. The molecule has 1 amide bonds. The van der Waals surface area contributed by atoms with Crippen molar-refractivity contribution in [3.05, 3.63) is 77.1 Å². The van der Waals surface area contributed by atoms with Gasteiger partial charge in [0.1, 0.15) is 0 Å². The average molecular weight is 354 g/mol. The first-order chi connectivity index (χ1) is 12.1. The summed E-state index contributed by atoms with van der Waals surface area (Å²) < 4.78 is 0. The molecule has 0 unspecified atom stereocenters. The number of nitrogens with one attached hydrogen (secondary N) is 1. The van der Waals surface area contributed by atoms with Crippen molar-refractivity contribution in [2.45, 2.75) is 6.54 Å². The molecule has 0 atom stereocenters. The fraction of sp³-hybridized carbons (Fsp3) is 0.200. The predicted octanol–water partition coefficient (Wildman–Crippen LogP) is 3.75. The number of halogens is 1. The average Bonchev–Trinajstić information content (AvgIpc) is 2.61. The summed E-state index contributed by atoms with van der Waals surface area (Å²) in [6.45, 7) is 2.13. The van der Waals surface area contributed by atoms with Crippen LogP contribution in [0.1, 0.15) is 15.9 Å². The van der Waals surface area contributed by atoms with Crippen molar-refractivity contribution in [1.29, 1.82) is 0 Å². The lowest BCUT2D eigenvalue weighted by Crippen LogP contribution is -2.32. The van der Waals surface area contributed by atoms with Crippen molar-refractivity contribution in [2.75, 3.05) is 20.1 Å². The van der Waals surface area contributed by atoms with E-state index in [1.807, 2.05) is 55.6 Å². The normalized spacial score (nSPS) is 11.0. The molecule has 3 aromatic rings. The van der Waals surface area contributed by atoms with Crippen LogP contribution in [0.25, 0.3) is 10.8 Å². The van der Waals surface area contributed by atoms with Gasteiger partial charge in [0.05, 0.1) is 0 Å². The van der Waals surface area contributed by atoms with Crippen LogP contribution >= 0.6 is 11.6 Å². The molecule has 0 saturated carbocycles. The molecule has 3 rings (SSSR count). The summed E-state index contributed by atoms with van der Waals surface area (Å²) in [6, 6.07) is 15.4. The minimum Gasteiger partial charge on any atom is -0.351 e. The standard InChI is InChI=1S/C20H20ClN3O/c1-24(14-15-3-2-4-19(21)11-15)10-9-23-20(25)17-6-5-16-7-8-22-13-18(16)12-17/h2-8,11-13H,9-10,14H2,1H3,(H,23,25). The third kappa shape index (κ3) is 4.78. The van der Waals surface area contributed by atoms with Crippen molar-refractivity contribution < 1.29 is 4.79 Å². The van der Waals surface area contributed by atoms with E-state index in [0.717, 1.165) is 34.4 Å². The minimum absolute atomic E-state index is 0.0677. The molecule has 0 aliphatic rings. The van der Waals surface area contributed by atoms with Gasteiger partial charge >= 0.3 is 0 Å². The lowest BCUT2D eigenvalue weighted by Gasteiger charge is -2.17. The van der Waals surface area contributed by atoms with E-state index < -0.39 is 0 Å². The van der Waals surface area contributed by atoms with Crippen molar-refractivity contribution in [3.8, 4) is 0 Å². The van der Waals surface area contributed by atoms with Gasteiger partial charge in [0, 0.05) is 48.0 Å². The number of carbonyl (C=O) groups is 1. The molecular weight excluding hydrogens is 334 g/mol. The number of rotatable bonds is 6. The molecule has 0 bridgehead atoms. The largest absolute Gasteiger partial charge is 0.351 e. The Kier molecular flexibility index (Phi) is 5.64. The van der Waals surface area contributed by atoms with E-state index in [4.69, 9.17) is 11.6 Å². The quantitative estimate of drug-likeness (QED) is 0.734. The van der Waals surface area contributed by atoms with E-state index in [1.165, 1.54) is 0 Å². The Balaban J connectivity index is 1.51. The Morgan fingerprint density at radius 2 is 2.04 bits per heavy atom. The highest BCUT2D eigenvalue weighted by Crippen LogP contribution is 2.14. The number of hydrogen-bond donors (Lipinski definition) is 1. The highest BCUT2D eigenvalue weighted by molar-refractivity contribution is 6.30. The number of aromatic nitrogens is 1. The summed E-state index contributed by atoms with van der Waals surface area (Å²) in [4.78, 5) is 18.6. The second kappa shape index (κ2) is 8.10. The Morgan fingerprint density at radius 3 is 2.88 bits per heavy atom. The highest BCUT2D eigenvalue weighted by atomic mass is 35.5. The Labute approximate surface area is 152 Å². The number of pyridine rings is 1. The Bertz CT molecular complexity index is 881. The van der Waals surface area contributed by atoms with Gasteiger partial charge in [0.2, 0.25) is 0 Å². The molecule has 128 valence electrons. The maximum atomic E-state index is 12.3. The summed E-state index contributed by atoms with van der Waals surface area (Å²) in [5.74, 6) is -0.0677. The Hall–Kier alpha value is -2.43. The maximum Gasteiger partial charge on any atom is 0.251 e. The molecule has 4 nitrogen and oxygen atoms in total. The highest BCUT2D eigenvalue weighted by Gasteiger charge is 2.07. The van der Waals surface area contributed by atoms with Crippen LogP contribution in [0.5, 0.6) is 0 Å². The van der Waals surface area contributed by atoms with Gasteiger partial charge in [-0.05, 0) is 48.3 Å². The van der Waals surface area contributed by atoms with E-state index >= 15 is 0 Å². The first-order valence-corrected chi connectivity index (χ1v) is 8.54. The summed E-state index contributed by atoms with van der Waals surface area (Å²) in [7, 11) is 2.02. The molecule has 0 spiro atoms. The molecular formula is C20H20ClN3O. The summed E-state index contributed by atoms with van der Waals surface area (Å²) in [5, 5.41) is 5.75. The van der Waals surface area contributed by atoms with Crippen molar-refractivity contribution in [1.82, 2.24) is 15.2 Å². The van der Waals surface area contributed by atoms with Crippen LogP contribution in [-0.4, -0.2) is 35.9 Å². The summed E-state index contributed by atoms with van der Waals surface area (Å²) in [6.07, 6.45) is 3.52. The smallest absolute Gasteiger partial charge is 0.251 e. The van der Waals surface area contributed by atoms with Crippen LogP contribution < -0.4 is 5.32 Å². The van der Waals surface area contributed by atoms with Gasteiger partial charge in [-0.3, -0.25) is 9.78 Å². The lowest BCUT2D eigenvalue weighted by molar-refractivity contribution is 0.0950. The molecule has 1 aromatic heterocycles. The van der Waals surface area contributed by atoms with Crippen LogP contribution in [-0.2, 0) is 6.54 Å². The second-order valence-electron chi connectivity index (χ2n) is 6.06. The van der Waals surface area contributed by atoms with Crippen LogP contribution in [0, 0.1) is 0 Å². The molecule has 1 heterocycles. The topological polar surface area (TPSA) is 45.2 Å². The number of carbonyl (C=O) groups excluding carboxylic acids is 1. The van der Waals surface area contributed by atoms with Gasteiger partial charge in [0.25, 0.3) is 5.91 Å². The number of fused-ring (bicyclic) bond motifs is 1. The van der Waals surface area contributed by atoms with E-state index in [9.17, 15) is 4.79 Å². The molecule has 0 aliphatic carbocycles. The van der Waals surface area contributed by atoms with E-state index in [1.54, 1.807) is 12.4 Å². The van der Waals surface area contributed by atoms with E-state index in [0.29, 0.717) is 12.1 Å². The van der Waals surface area contributed by atoms with Gasteiger partial charge in [-0.1, -0.05) is 29.8 Å². The molecule has 0 saturated heterocycles. The van der Waals surface area contributed by atoms with Crippen molar-refractivity contribution in [2.24, 2.45) is 0 Å². The molecule has 0 fully saturated rings. The number of nitrogens with zero attached hydrogens (tertiary/aromatic N) is 2. The van der Waals surface area contributed by atoms with Gasteiger partial charge in [-0.2, -0.15) is 0 Å². The minimum atomic E-state index is -0.0677. The monoisotopic (exact) mass is 353 g/mol. The van der Waals surface area contributed by atoms with Gasteiger partial charge in [0.15, 0.2) is 0 Å². The SMILES string of the molecule is CN(CCNC(=O)c1ccc2ccncc2c1)Cc1cccc(Cl)c1. The zero-order valence-corrected chi connectivity index (χ0v) is 14.8. The third-order valence-corrected chi connectivity index (χ3v) is 4.26. The Morgan fingerprint density at radius 1 is 1.16 bits per heavy atom. The fourth-order valence-electron chi connectivity index (χ4n) is 2.71. The van der Waals surface area contributed by atoms with E-state index in [-0.39, 0.29) is 5.91 Å². The molecule has 0 aliphatic heterocycles. The number of likely N-dealkylation sites (N-methyl/N-ethyl adjacent to an activating group) is 1. The van der Waals surface area contributed by atoms with Crippen molar-refractivity contribution in [3.63, 3.8) is 0 Å². The second-order valence-corrected chi connectivity index (χ2v) is 6.50. The maximum absolute atomic E-state index is 12.3. The molecule has 25 heavy (non-hydrogen) atoms. The summed E-state index contributed by atoms with van der Waals surface area (Å²) in [5.41, 5.74) is 1.81. The zero-order valence-electron chi connectivity index (χ0n) is 14.1. The van der Waals surface area contributed by atoms with Crippen molar-refractivity contribution >= 4 is 28.3 Å². The zero-order chi connectivity index (χ0) is 17.6. The van der Waals surface area contributed by atoms with Gasteiger partial charge in [-0.25, -0.2) is 0 Å². The lowest BCUT2D eigenvalue weighted by atomic mass is 10.1. The predicted molar refractivity (Wildman–Crippen MR) is 102 cm³/mol. The summed E-state index contributed by atoms with van der Waals surface area (Å²) >= 11 is 6.00. The van der Waals surface area contributed by atoms with E-state index in [2.05, 4.69) is 15.2 Å². The molecule has 1 N–H and O–H groups in total. The first-order valence-electron chi connectivity index (χ1n) is 8.17. The van der Waals surface area contributed by atoms with Gasteiger partial charge in [-0.15, -0.1) is 0 Å². The van der Waals surface area contributed by atoms with Crippen LogP contribution in [0.15, 0.2) is 60.9 Å². The fourth-order valence-corrected chi connectivity index (χ4v) is 2.93. The molecule has 0 radical (unpaired) electrons. The van der Waals surface area contributed by atoms with Crippen LogP contribution in [0.4, 0.5) is 0 Å². The number of hydrogen-bond acceptors (Lipinski definition) is 3. The van der Waals surface area contributed by atoms with Gasteiger partial charge < -0.3 is 10.2 Å². The molecule has 5 heteroatoms. The number of amides is 1. The van der Waals surface area contributed by atoms with Crippen LogP contribution in [0.3, 0.4) is 0 Å². The first kappa shape index (κ1) is 17.4. The number of benzene rings is 2. The molecule has 2 aromatic carbocycles. The van der Waals surface area contributed by atoms with Crippen LogP contribution in [0.2, 0.25) is 5.02 Å².